The van der Waals surface area contributed by atoms with E-state index in [0.717, 1.165) is 13.1 Å². The first-order valence-corrected chi connectivity index (χ1v) is 6.52. The van der Waals surface area contributed by atoms with Gasteiger partial charge in [0.05, 0.1) is 0 Å². The lowest BCUT2D eigenvalue weighted by molar-refractivity contribution is 0.958. The van der Waals surface area contributed by atoms with Gasteiger partial charge in [0, 0.05) is 18.8 Å². The minimum atomic E-state index is 0.850. The first-order valence-electron chi connectivity index (χ1n) is 6.52. The molecule has 0 fully saturated rings. The second-order valence-corrected chi connectivity index (χ2v) is 4.34. The molecule has 0 aromatic heterocycles. The standard InChI is InChI=1S/C18H19N/c1-2-15-19(18-13-7-4-8-14-18)16-9-12-17-10-5-3-6-11-17/h2-14H,1,15-16H2. The van der Waals surface area contributed by atoms with Crippen molar-refractivity contribution < 1.29 is 0 Å². The largest absolute Gasteiger partial charge is 0.364 e. The summed E-state index contributed by atoms with van der Waals surface area (Å²) >= 11 is 0. The van der Waals surface area contributed by atoms with E-state index < -0.39 is 0 Å². The molecule has 19 heavy (non-hydrogen) atoms. The molecule has 0 atom stereocenters. The molecule has 1 heteroatoms. The third-order valence-electron chi connectivity index (χ3n) is 2.91. The van der Waals surface area contributed by atoms with Crippen molar-refractivity contribution >= 4 is 11.8 Å². The van der Waals surface area contributed by atoms with E-state index in [4.69, 9.17) is 0 Å². The van der Waals surface area contributed by atoms with Gasteiger partial charge in [0.2, 0.25) is 0 Å². The van der Waals surface area contributed by atoms with E-state index in [-0.39, 0.29) is 0 Å². The monoisotopic (exact) mass is 249 g/mol. The summed E-state index contributed by atoms with van der Waals surface area (Å²) in [6.45, 7) is 5.56. The fraction of sp³-hybridized carbons (Fsp3) is 0.111. The van der Waals surface area contributed by atoms with Crippen LogP contribution in [0.5, 0.6) is 0 Å². The number of benzene rings is 2. The van der Waals surface area contributed by atoms with Crippen molar-refractivity contribution in [2.24, 2.45) is 0 Å². The van der Waals surface area contributed by atoms with Crippen LogP contribution in [-0.4, -0.2) is 13.1 Å². The minimum Gasteiger partial charge on any atom is -0.364 e. The zero-order valence-corrected chi connectivity index (χ0v) is 11.1. The Morgan fingerprint density at radius 1 is 0.842 bits per heavy atom. The zero-order chi connectivity index (χ0) is 13.3. The number of hydrogen-bond donors (Lipinski definition) is 0. The summed E-state index contributed by atoms with van der Waals surface area (Å²) in [4.78, 5) is 2.28. The molecule has 0 heterocycles. The molecule has 0 saturated carbocycles. The Balaban J connectivity index is 2.02. The van der Waals surface area contributed by atoms with E-state index in [0.29, 0.717) is 0 Å². The van der Waals surface area contributed by atoms with Crippen molar-refractivity contribution in [1.82, 2.24) is 0 Å². The lowest BCUT2D eigenvalue weighted by Gasteiger charge is -2.21. The first-order chi connectivity index (χ1) is 9.40. The Morgan fingerprint density at radius 2 is 1.47 bits per heavy atom. The maximum Gasteiger partial charge on any atom is 0.0371 e. The van der Waals surface area contributed by atoms with Gasteiger partial charge in [0.25, 0.3) is 0 Å². The molecule has 0 bridgehead atoms. The number of para-hydroxylation sites is 1. The average molecular weight is 249 g/mol. The fourth-order valence-electron chi connectivity index (χ4n) is 1.96. The summed E-state index contributed by atoms with van der Waals surface area (Å²) in [6.07, 6.45) is 6.27. The highest BCUT2D eigenvalue weighted by molar-refractivity contribution is 5.52. The molecular formula is C18H19N. The lowest BCUT2D eigenvalue weighted by Crippen LogP contribution is -2.22. The molecule has 0 aliphatic heterocycles. The van der Waals surface area contributed by atoms with Crippen molar-refractivity contribution in [2.45, 2.75) is 0 Å². The van der Waals surface area contributed by atoms with Gasteiger partial charge >= 0.3 is 0 Å². The van der Waals surface area contributed by atoms with Crippen molar-refractivity contribution in [3.05, 3.63) is 85.0 Å². The van der Waals surface area contributed by atoms with Gasteiger partial charge in [-0.3, -0.25) is 0 Å². The topological polar surface area (TPSA) is 3.24 Å². The third kappa shape index (κ3) is 4.14. The Hall–Kier alpha value is -2.28. The fourth-order valence-corrected chi connectivity index (χ4v) is 1.96. The van der Waals surface area contributed by atoms with Crippen LogP contribution >= 0.6 is 0 Å². The average Bonchev–Trinajstić information content (AvgIpc) is 2.48. The van der Waals surface area contributed by atoms with Crippen molar-refractivity contribution in [2.75, 3.05) is 18.0 Å². The summed E-state index contributed by atoms with van der Waals surface area (Å²) in [5.41, 5.74) is 2.45. The molecule has 2 aromatic carbocycles. The van der Waals surface area contributed by atoms with Crippen molar-refractivity contribution in [3.63, 3.8) is 0 Å². The van der Waals surface area contributed by atoms with Gasteiger partial charge in [-0.25, -0.2) is 0 Å². The maximum atomic E-state index is 3.83. The summed E-state index contributed by atoms with van der Waals surface area (Å²) in [5, 5.41) is 0. The van der Waals surface area contributed by atoms with Gasteiger partial charge in [-0.05, 0) is 17.7 Å². The van der Waals surface area contributed by atoms with Crippen LogP contribution < -0.4 is 4.90 Å². The van der Waals surface area contributed by atoms with Gasteiger partial charge in [0.15, 0.2) is 0 Å². The van der Waals surface area contributed by atoms with Crippen LogP contribution in [0, 0.1) is 0 Å². The van der Waals surface area contributed by atoms with E-state index in [1.165, 1.54) is 11.3 Å². The van der Waals surface area contributed by atoms with Gasteiger partial charge < -0.3 is 4.90 Å². The lowest BCUT2D eigenvalue weighted by atomic mass is 10.2. The molecule has 2 rings (SSSR count). The SMILES string of the molecule is C=CCN(CC=Cc1ccccc1)c1ccccc1. The van der Waals surface area contributed by atoms with E-state index in [9.17, 15) is 0 Å². The van der Waals surface area contributed by atoms with Crippen molar-refractivity contribution in [3.8, 4) is 0 Å². The highest BCUT2D eigenvalue weighted by atomic mass is 15.1. The Morgan fingerprint density at radius 3 is 2.11 bits per heavy atom. The van der Waals surface area contributed by atoms with E-state index in [1.54, 1.807) is 0 Å². The predicted octanol–water partition coefficient (Wildman–Crippen LogP) is 4.39. The third-order valence-corrected chi connectivity index (χ3v) is 2.91. The first kappa shape index (κ1) is 13.2. The highest BCUT2D eigenvalue weighted by Crippen LogP contribution is 2.13. The number of anilines is 1. The molecule has 0 aliphatic rings. The smallest absolute Gasteiger partial charge is 0.0371 e. The van der Waals surface area contributed by atoms with Crippen LogP contribution in [0.15, 0.2) is 79.4 Å². The number of hydrogen-bond acceptors (Lipinski definition) is 1. The van der Waals surface area contributed by atoms with Gasteiger partial charge in [-0.1, -0.05) is 66.8 Å². The molecule has 0 spiro atoms. The van der Waals surface area contributed by atoms with Gasteiger partial charge in [-0.15, -0.1) is 6.58 Å². The molecule has 0 unspecified atom stereocenters. The molecule has 0 N–H and O–H groups in total. The molecule has 0 radical (unpaired) electrons. The molecular weight excluding hydrogens is 230 g/mol. The summed E-state index contributed by atoms with van der Waals surface area (Å²) in [7, 11) is 0. The summed E-state index contributed by atoms with van der Waals surface area (Å²) in [6, 6.07) is 20.8. The Bertz CT molecular complexity index is 514. The Labute approximate surface area is 115 Å². The van der Waals surface area contributed by atoms with Crippen molar-refractivity contribution in [1.29, 1.82) is 0 Å². The molecule has 1 nitrogen and oxygen atoms in total. The number of rotatable bonds is 6. The summed E-state index contributed by atoms with van der Waals surface area (Å²) < 4.78 is 0. The van der Waals surface area contributed by atoms with E-state index in [2.05, 4.69) is 72.2 Å². The number of nitrogens with zero attached hydrogens (tertiary/aromatic N) is 1. The Kier molecular flexibility index (Phi) is 5.00. The quantitative estimate of drug-likeness (QED) is 0.686. The van der Waals surface area contributed by atoms with Crippen LogP contribution in [0.3, 0.4) is 0 Å². The minimum absolute atomic E-state index is 0.850. The maximum absolute atomic E-state index is 3.83. The molecule has 96 valence electrons. The molecule has 0 amide bonds. The van der Waals surface area contributed by atoms with Crippen LogP contribution in [-0.2, 0) is 0 Å². The zero-order valence-electron chi connectivity index (χ0n) is 11.1. The highest BCUT2D eigenvalue weighted by Gasteiger charge is 2.00. The van der Waals surface area contributed by atoms with Gasteiger partial charge in [-0.2, -0.15) is 0 Å². The van der Waals surface area contributed by atoms with Crippen LogP contribution in [0.4, 0.5) is 5.69 Å². The second kappa shape index (κ2) is 7.22. The predicted molar refractivity (Wildman–Crippen MR) is 84.3 cm³/mol. The van der Waals surface area contributed by atoms with Crippen LogP contribution in [0.2, 0.25) is 0 Å². The second-order valence-electron chi connectivity index (χ2n) is 4.34. The van der Waals surface area contributed by atoms with E-state index >= 15 is 0 Å². The molecule has 0 saturated heterocycles. The normalized spacial score (nSPS) is 10.5. The van der Waals surface area contributed by atoms with Crippen LogP contribution in [0.25, 0.3) is 6.08 Å². The molecule has 0 aliphatic carbocycles. The van der Waals surface area contributed by atoms with Gasteiger partial charge in [0.1, 0.15) is 0 Å². The summed E-state index contributed by atoms with van der Waals surface area (Å²) in [5.74, 6) is 0. The molecule has 2 aromatic rings. The van der Waals surface area contributed by atoms with Crippen LogP contribution in [0.1, 0.15) is 5.56 Å². The van der Waals surface area contributed by atoms with E-state index in [1.807, 2.05) is 18.2 Å².